The van der Waals surface area contributed by atoms with Crippen LogP contribution in [0.1, 0.15) is 291 Å². The SMILES string of the molecule is CCCCCCCCCCCCCCCCCCNC1=CC=C(NCCCCCCOC(=O)CCNCCC[Si](C)(C)C[Si](C)(C)CCCNCCC(=O)OCCCCCCCCCCCCCCCCCC)C2C(=O)c3ccccc3C(=O)C12. The first-order valence-corrected chi connectivity index (χ1v) is 43.0. The fourth-order valence-corrected chi connectivity index (χ4v) is 27.3. The molecule has 10 nitrogen and oxygen atoms in total. The van der Waals surface area contributed by atoms with Crippen molar-refractivity contribution in [2.75, 3.05) is 52.5 Å². The molecule has 0 aromatic heterocycles. The molecule has 0 fully saturated rings. The molecule has 2 atom stereocenters. The smallest absolute Gasteiger partial charge is 0.307 e. The molecule has 0 spiro atoms. The van der Waals surface area contributed by atoms with Gasteiger partial charge < -0.3 is 30.7 Å². The maximum atomic E-state index is 14.0. The second-order valence-electron chi connectivity index (χ2n) is 27.5. The zero-order valence-corrected chi connectivity index (χ0v) is 58.1. The molecule has 1 aromatic carbocycles. The molecule has 2 unspecified atom stereocenters. The van der Waals surface area contributed by atoms with Gasteiger partial charge in [-0.3, -0.25) is 19.2 Å². The highest BCUT2D eigenvalue weighted by Gasteiger charge is 2.46. The molecule has 0 saturated carbocycles. The Labute approximate surface area is 524 Å². The quantitative estimate of drug-likeness (QED) is 0.0284. The first-order chi connectivity index (χ1) is 41.4. The molecule has 2 aliphatic carbocycles. The minimum Gasteiger partial charge on any atom is -0.466 e. The molecule has 3 rings (SSSR count). The summed E-state index contributed by atoms with van der Waals surface area (Å²) in [6, 6.07) is 9.94. The summed E-state index contributed by atoms with van der Waals surface area (Å²) in [6.07, 6.45) is 53.9. The summed E-state index contributed by atoms with van der Waals surface area (Å²) in [5.74, 6) is -1.21. The van der Waals surface area contributed by atoms with Gasteiger partial charge in [0.25, 0.3) is 0 Å². The molecular weight excluding hydrogens is 1080 g/mol. The predicted octanol–water partition coefficient (Wildman–Crippen LogP) is 19.1. The molecule has 4 N–H and O–H groups in total. The molecule has 12 heteroatoms. The first kappa shape index (κ1) is 76.2. The van der Waals surface area contributed by atoms with Gasteiger partial charge in [0.05, 0.1) is 37.9 Å². The standard InChI is InChI=1S/C73H132N4O6Si2/c1-7-9-11-13-15-17-19-21-23-25-27-29-31-33-35-41-55-76-66-49-50-67(71-70(66)72(80)64-47-39-40-48-65(64)73(71)81)77-56-42-36-38-44-60-83-69(79)52-58-75-54-46-62-85(5,6)63-84(3,4)61-45-53-74-57-51-68(78)82-59-43-37-34-32-30-28-26-24-22-20-18-16-14-12-10-8-2/h39-40,47-50,70-71,74-77H,7-38,41-46,51-63H2,1-6H3. The van der Waals surface area contributed by atoms with Crippen LogP contribution in [0.4, 0.5) is 0 Å². The molecule has 0 saturated heterocycles. The number of esters is 2. The molecule has 2 aliphatic rings. The van der Waals surface area contributed by atoms with Gasteiger partial charge in [0.1, 0.15) is 0 Å². The number of carbonyl (C=O) groups is 4. The van der Waals surface area contributed by atoms with Gasteiger partial charge in [-0.15, -0.1) is 0 Å². The summed E-state index contributed by atoms with van der Waals surface area (Å²) < 4.78 is 11.1. The molecular formula is C73H132N4O6Si2. The van der Waals surface area contributed by atoms with E-state index in [0.717, 1.165) is 88.9 Å². The van der Waals surface area contributed by atoms with Crippen molar-refractivity contribution in [3.63, 3.8) is 0 Å². The highest BCUT2D eigenvalue weighted by Crippen LogP contribution is 2.40. The topological polar surface area (TPSA) is 135 Å². The summed E-state index contributed by atoms with van der Waals surface area (Å²) in [5, 5.41) is 14.2. The maximum absolute atomic E-state index is 14.0. The molecule has 488 valence electrons. The summed E-state index contributed by atoms with van der Waals surface area (Å²) in [6.45, 7) is 20.6. The largest absolute Gasteiger partial charge is 0.466 e. The van der Waals surface area contributed by atoms with Crippen molar-refractivity contribution in [3.8, 4) is 0 Å². The van der Waals surface area contributed by atoms with Crippen molar-refractivity contribution in [1.82, 2.24) is 21.3 Å². The Bertz CT molecular complexity index is 1960. The molecule has 1 aromatic rings. The Hall–Kier alpha value is -3.07. The van der Waals surface area contributed by atoms with Crippen molar-refractivity contribution in [3.05, 3.63) is 58.9 Å². The van der Waals surface area contributed by atoms with Gasteiger partial charge in [0.15, 0.2) is 11.6 Å². The van der Waals surface area contributed by atoms with Crippen LogP contribution >= 0.6 is 0 Å². The number of fused-ring (bicyclic) bond motifs is 2. The number of Topliss-reactive ketones (excluding diaryl/α,β-unsaturated/α-hetero) is 2. The van der Waals surface area contributed by atoms with Gasteiger partial charge in [-0.05, 0) is 70.2 Å². The lowest BCUT2D eigenvalue weighted by molar-refractivity contribution is -0.144. The normalized spacial score (nSPS) is 15.1. The van der Waals surface area contributed by atoms with Crippen molar-refractivity contribution < 1.29 is 28.7 Å². The lowest BCUT2D eigenvalue weighted by Gasteiger charge is -2.36. The zero-order valence-electron chi connectivity index (χ0n) is 56.1. The Kier molecular flexibility index (Phi) is 44.6. The minimum absolute atomic E-state index is 0.0209. The first-order valence-electron chi connectivity index (χ1n) is 36.2. The van der Waals surface area contributed by atoms with E-state index in [1.807, 2.05) is 24.3 Å². The third kappa shape index (κ3) is 37.5. The third-order valence-electron chi connectivity index (χ3n) is 18.1. The second kappa shape index (κ2) is 49.8. The van der Waals surface area contributed by atoms with Crippen LogP contribution in [0.2, 0.25) is 43.9 Å². The average molecular weight is 1220 g/mol. The Morgan fingerprint density at radius 3 is 1.00 bits per heavy atom. The van der Waals surface area contributed by atoms with E-state index < -0.39 is 28.0 Å². The van der Waals surface area contributed by atoms with Gasteiger partial charge in [-0.2, -0.15) is 0 Å². The third-order valence-corrected chi connectivity index (χ3v) is 29.2. The van der Waals surface area contributed by atoms with Crippen LogP contribution in [0.3, 0.4) is 0 Å². The summed E-state index contributed by atoms with van der Waals surface area (Å²) >= 11 is 0. The predicted molar refractivity (Wildman–Crippen MR) is 367 cm³/mol. The van der Waals surface area contributed by atoms with E-state index in [0.29, 0.717) is 50.3 Å². The summed E-state index contributed by atoms with van der Waals surface area (Å²) in [7, 11) is -2.64. The minimum atomic E-state index is -1.32. The number of nitrogens with one attached hydrogen (secondary N) is 4. The fourth-order valence-electron chi connectivity index (χ4n) is 13.3. The van der Waals surface area contributed by atoms with Crippen LogP contribution in [-0.4, -0.2) is 92.1 Å². The lowest BCUT2D eigenvalue weighted by Crippen LogP contribution is -2.45. The molecule has 0 heterocycles. The van der Waals surface area contributed by atoms with Crippen molar-refractivity contribution in [1.29, 1.82) is 0 Å². The van der Waals surface area contributed by atoms with Crippen molar-refractivity contribution >= 4 is 39.7 Å². The van der Waals surface area contributed by atoms with Gasteiger partial charge >= 0.3 is 11.9 Å². The van der Waals surface area contributed by atoms with E-state index in [-0.39, 0.29) is 23.5 Å². The van der Waals surface area contributed by atoms with E-state index >= 15 is 0 Å². The molecule has 0 amide bonds. The van der Waals surface area contributed by atoms with Gasteiger partial charge in [-0.1, -0.05) is 281 Å². The Morgan fingerprint density at radius 1 is 0.388 bits per heavy atom. The van der Waals surface area contributed by atoms with E-state index in [2.05, 4.69) is 61.3 Å². The van der Waals surface area contributed by atoms with Gasteiger partial charge in [0, 0.05) is 64.8 Å². The average Bonchev–Trinajstić information content (AvgIpc) is 3.66. The van der Waals surface area contributed by atoms with Crippen LogP contribution in [0.25, 0.3) is 0 Å². The van der Waals surface area contributed by atoms with E-state index in [1.165, 1.54) is 210 Å². The number of allylic oxidation sites excluding steroid dienone is 4. The monoisotopic (exact) mass is 1220 g/mol. The van der Waals surface area contributed by atoms with Crippen LogP contribution in [0, 0.1) is 11.8 Å². The Balaban J connectivity index is 1.15. The molecule has 0 aliphatic heterocycles. The maximum Gasteiger partial charge on any atom is 0.307 e. The van der Waals surface area contributed by atoms with Crippen LogP contribution in [0.15, 0.2) is 47.8 Å². The number of hydrogen-bond acceptors (Lipinski definition) is 10. The van der Waals surface area contributed by atoms with E-state index in [4.69, 9.17) is 9.47 Å². The number of carbonyl (C=O) groups excluding carboxylic acids is 4. The number of unbranched alkanes of at least 4 members (excludes halogenated alkanes) is 33. The molecule has 0 bridgehead atoms. The van der Waals surface area contributed by atoms with Crippen molar-refractivity contribution in [2.45, 2.75) is 315 Å². The Morgan fingerprint density at radius 2 is 0.682 bits per heavy atom. The number of hydrogen-bond donors (Lipinski definition) is 4. The van der Waals surface area contributed by atoms with E-state index in [1.54, 1.807) is 12.1 Å². The molecule has 85 heavy (non-hydrogen) atoms. The zero-order chi connectivity index (χ0) is 61.3. The van der Waals surface area contributed by atoms with Crippen LogP contribution < -0.4 is 21.3 Å². The number of ether oxygens (including phenoxy) is 2. The number of rotatable bonds is 59. The number of benzene rings is 1. The van der Waals surface area contributed by atoms with Gasteiger partial charge in [0.2, 0.25) is 0 Å². The lowest BCUT2D eigenvalue weighted by atomic mass is 9.69. The highest BCUT2D eigenvalue weighted by atomic mass is 28.4. The van der Waals surface area contributed by atoms with Crippen molar-refractivity contribution in [2.24, 2.45) is 11.8 Å². The van der Waals surface area contributed by atoms with Crippen LogP contribution in [-0.2, 0) is 19.1 Å². The van der Waals surface area contributed by atoms with Crippen LogP contribution in [0.5, 0.6) is 0 Å². The van der Waals surface area contributed by atoms with E-state index in [9.17, 15) is 19.2 Å². The summed E-state index contributed by atoms with van der Waals surface area (Å²) in [4.78, 5) is 52.8. The second-order valence-corrected chi connectivity index (χ2v) is 38.6. The highest BCUT2D eigenvalue weighted by molar-refractivity contribution is 6.95. The number of ketones is 2. The van der Waals surface area contributed by atoms with Gasteiger partial charge in [-0.25, -0.2) is 0 Å². The molecule has 0 radical (unpaired) electrons. The fraction of sp³-hybridized carbons (Fsp3) is 0.808. The summed E-state index contributed by atoms with van der Waals surface area (Å²) in [5.41, 5.74) is 4.21.